The standard InChI is InChI=1S/C11H18N6/c1-4-12-10(9-6-7-14-16(9)3)11-13-8-15-17(11)5-2/h6-8,10,12H,4-5H2,1-3H3. The van der Waals surface area contributed by atoms with Crippen molar-refractivity contribution in [2.24, 2.45) is 7.05 Å². The molecule has 1 unspecified atom stereocenters. The topological polar surface area (TPSA) is 60.6 Å². The first kappa shape index (κ1) is 11.8. The average Bonchev–Trinajstić information content (AvgIpc) is 2.94. The fourth-order valence-corrected chi connectivity index (χ4v) is 1.94. The minimum atomic E-state index is 0.0370. The molecule has 1 atom stereocenters. The second kappa shape index (κ2) is 5.09. The highest BCUT2D eigenvalue weighted by Crippen LogP contribution is 2.18. The summed E-state index contributed by atoms with van der Waals surface area (Å²) in [6, 6.07) is 2.04. The highest BCUT2D eigenvalue weighted by molar-refractivity contribution is 5.16. The highest BCUT2D eigenvalue weighted by Gasteiger charge is 2.21. The van der Waals surface area contributed by atoms with Gasteiger partial charge in [-0.25, -0.2) is 9.67 Å². The van der Waals surface area contributed by atoms with Gasteiger partial charge >= 0.3 is 0 Å². The smallest absolute Gasteiger partial charge is 0.150 e. The fourth-order valence-electron chi connectivity index (χ4n) is 1.94. The Labute approximate surface area is 101 Å². The molecule has 0 aliphatic carbocycles. The molecule has 0 saturated heterocycles. The monoisotopic (exact) mass is 234 g/mol. The number of hydrogen-bond acceptors (Lipinski definition) is 4. The van der Waals surface area contributed by atoms with Gasteiger partial charge in [-0.3, -0.25) is 4.68 Å². The molecule has 17 heavy (non-hydrogen) atoms. The molecule has 0 spiro atoms. The second-order valence-electron chi connectivity index (χ2n) is 3.80. The van der Waals surface area contributed by atoms with E-state index >= 15 is 0 Å². The van der Waals surface area contributed by atoms with Gasteiger partial charge in [-0.15, -0.1) is 0 Å². The van der Waals surface area contributed by atoms with E-state index in [-0.39, 0.29) is 6.04 Å². The van der Waals surface area contributed by atoms with Crippen LogP contribution in [0.1, 0.15) is 31.4 Å². The zero-order chi connectivity index (χ0) is 12.3. The lowest BCUT2D eigenvalue weighted by atomic mass is 10.2. The van der Waals surface area contributed by atoms with Crippen LogP contribution in [0.4, 0.5) is 0 Å². The maximum atomic E-state index is 4.35. The molecule has 2 aromatic rings. The number of nitrogens with zero attached hydrogens (tertiary/aromatic N) is 5. The van der Waals surface area contributed by atoms with E-state index in [4.69, 9.17) is 0 Å². The SMILES string of the molecule is CCNC(c1ccnn1C)c1ncnn1CC. The predicted octanol–water partition coefficient (Wildman–Crippen LogP) is 0.730. The summed E-state index contributed by atoms with van der Waals surface area (Å²) in [5.74, 6) is 0.929. The number of aryl methyl sites for hydroxylation is 2. The van der Waals surface area contributed by atoms with Crippen molar-refractivity contribution >= 4 is 0 Å². The van der Waals surface area contributed by atoms with Gasteiger partial charge in [0.2, 0.25) is 0 Å². The Bertz CT molecular complexity index is 472. The Balaban J connectivity index is 2.39. The van der Waals surface area contributed by atoms with Gasteiger partial charge in [-0.2, -0.15) is 10.2 Å². The Kier molecular flexibility index (Phi) is 3.53. The molecule has 6 heteroatoms. The summed E-state index contributed by atoms with van der Waals surface area (Å²) in [6.07, 6.45) is 3.39. The minimum absolute atomic E-state index is 0.0370. The first-order chi connectivity index (χ1) is 8.27. The van der Waals surface area contributed by atoms with Crippen LogP contribution in [0.15, 0.2) is 18.6 Å². The lowest BCUT2D eigenvalue weighted by Gasteiger charge is -2.17. The molecule has 92 valence electrons. The van der Waals surface area contributed by atoms with Crippen molar-refractivity contribution in [1.29, 1.82) is 0 Å². The van der Waals surface area contributed by atoms with Gasteiger partial charge in [0.15, 0.2) is 0 Å². The van der Waals surface area contributed by atoms with Crippen molar-refractivity contribution in [3.8, 4) is 0 Å². The maximum Gasteiger partial charge on any atom is 0.150 e. The molecular weight excluding hydrogens is 216 g/mol. The van der Waals surface area contributed by atoms with E-state index in [1.165, 1.54) is 0 Å². The Morgan fingerprint density at radius 2 is 2.18 bits per heavy atom. The van der Waals surface area contributed by atoms with Crippen molar-refractivity contribution in [3.05, 3.63) is 30.1 Å². The summed E-state index contributed by atoms with van der Waals surface area (Å²) in [4.78, 5) is 4.35. The molecule has 0 aliphatic rings. The van der Waals surface area contributed by atoms with Crippen LogP contribution in [0.3, 0.4) is 0 Å². The molecule has 0 fully saturated rings. The summed E-state index contributed by atoms with van der Waals surface area (Å²) in [5, 5.41) is 11.8. The molecule has 0 aromatic carbocycles. The lowest BCUT2D eigenvalue weighted by molar-refractivity contribution is 0.504. The summed E-state index contributed by atoms with van der Waals surface area (Å²) >= 11 is 0. The van der Waals surface area contributed by atoms with Gasteiger partial charge in [0.05, 0.1) is 5.69 Å². The van der Waals surface area contributed by atoms with Crippen molar-refractivity contribution in [2.75, 3.05) is 6.54 Å². The number of hydrogen-bond donors (Lipinski definition) is 1. The molecule has 0 amide bonds. The van der Waals surface area contributed by atoms with Crippen LogP contribution >= 0.6 is 0 Å². The molecule has 2 rings (SSSR count). The van der Waals surface area contributed by atoms with E-state index < -0.39 is 0 Å². The van der Waals surface area contributed by atoms with E-state index in [2.05, 4.69) is 34.3 Å². The molecule has 0 bridgehead atoms. The van der Waals surface area contributed by atoms with Gasteiger partial charge in [0.1, 0.15) is 18.2 Å². The third-order valence-corrected chi connectivity index (χ3v) is 2.77. The molecular formula is C11H18N6. The number of rotatable bonds is 5. The van der Waals surface area contributed by atoms with E-state index in [9.17, 15) is 0 Å². The van der Waals surface area contributed by atoms with Gasteiger partial charge in [-0.1, -0.05) is 6.92 Å². The van der Waals surface area contributed by atoms with E-state index in [0.29, 0.717) is 0 Å². The summed E-state index contributed by atoms with van der Waals surface area (Å²) in [7, 11) is 1.94. The van der Waals surface area contributed by atoms with Crippen LogP contribution < -0.4 is 5.32 Å². The van der Waals surface area contributed by atoms with Crippen LogP contribution in [-0.4, -0.2) is 31.1 Å². The minimum Gasteiger partial charge on any atom is -0.303 e. The molecule has 1 N–H and O–H groups in total. The summed E-state index contributed by atoms with van der Waals surface area (Å²) < 4.78 is 3.77. The van der Waals surface area contributed by atoms with Crippen LogP contribution in [0, 0.1) is 0 Å². The summed E-state index contributed by atoms with van der Waals surface area (Å²) in [5.41, 5.74) is 1.09. The Morgan fingerprint density at radius 3 is 2.76 bits per heavy atom. The molecule has 0 aliphatic heterocycles. The largest absolute Gasteiger partial charge is 0.303 e. The Hall–Kier alpha value is -1.69. The third kappa shape index (κ3) is 2.21. The van der Waals surface area contributed by atoms with Crippen molar-refractivity contribution in [2.45, 2.75) is 26.4 Å². The summed E-state index contributed by atoms with van der Waals surface area (Å²) in [6.45, 7) is 5.82. The van der Waals surface area contributed by atoms with E-state index in [1.807, 2.05) is 22.5 Å². The van der Waals surface area contributed by atoms with Crippen molar-refractivity contribution in [1.82, 2.24) is 29.9 Å². The fraction of sp³-hybridized carbons (Fsp3) is 0.545. The molecule has 2 aromatic heterocycles. The van der Waals surface area contributed by atoms with Crippen molar-refractivity contribution in [3.63, 3.8) is 0 Å². The quantitative estimate of drug-likeness (QED) is 0.828. The highest BCUT2D eigenvalue weighted by atomic mass is 15.4. The zero-order valence-electron chi connectivity index (χ0n) is 10.5. The lowest BCUT2D eigenvalue weighted by Crippen LogP contribution is -2.27. The van der Waals surface area contributed by atoms with Crippen LogP contribution in [0.5, 0.6) is 0 Å². The normalized spacial score (nSPS) is 12.9. The van der Waals surface area contributed by atoms with Crippen molar-refractivity contribution < 1.29 is 0 Å². The van der Waals surface area contributed by atoms with E-state index in [0.717, 1.165) is 24.6 Å². The first-order valence-corrected chi connectivity index (χ1v) is 5.86. The van der Waals surface area contributed by atoms with Gasteiger partial charge in [0, 0.05) is 19.8 Å². The van der Waals surface area contributed by atoms with Crippen LogP contribution in [-0.2, 0) is 13.6 Å². The Morgan fingerprint density at radius 1 is 1.35 bits per heavy atom. The average molecular weight is 234 g/mol. The molecule has 6 nitrogen and oxygen atoms in total. The number of aromatic nitrogens is 5. The second-order valence-corrected chi connectivity index (χ2v) is 3.80. The van der Waals surface area contributed by atoms with Gasteiger partial charge in [-0.05, 0) is 19.5 Å². The maximum absolute atomic E-state index is 4.35. The zero-order valence-corrected chi connectivity index (χ0v) is 10.5. The first-order valence-electron chi connectivity index (χ1n) is 5.86. The van der Waals surface area contributed by atoms with Crippen LogP contribution in [0.25, 0.3) is 0 Å². The third-order valence-electron chi connectivity index (χ3n) is 2.77. The predicted molar refractivity (Wildman–Crippen MR) is 64.4 cm³/mol. The molecule has 0 radical (unpaired) electrons. The number of nitrogens with one attached hydrogen (secondary N) is 1. The van der Waals surface area contributed by atoms with Gasteiger partial charge < -0.3 is 5.32 Å². The van der Waals surface area contributed by atoms with Crippen LogP contribution in [0.2, 0.25) is 0 Å². The van der Waals surface area contributed by atoms with E-state index in [1.54, 1.807) is 12.5 Å². The van der Waals surface area contributed by atoms with Gasteiger partial charge in [0.25, 0.3) is 0 Å². The molecule has 0 saturated carbocycles. The molecule has 2 heterocycles.